The Morgan fingerprint density at radius 1 is 1.00 bits per heavy atom. The maximum absolute atomic E-state index is 13.8. The average molecular weight is 572 g/mol. The van der Waals surface area contributed by atoms with E-state index in [1.54, 1.807) is 44.2 Å². The van der Waals surface area contributed by atoms with Gasteiger partial charge in [0.05, 0.1) is 15.7 Å². The van der Waals surface area contributed by atoms with Crippen LogP contribution in [0.15, 0.2) is 36.4 Å². The Morgan fingerprint density at radius 3 is 2.16 bits per heavy atom. The highest BCUT2D eigenvalue weighted by Gasteiger charge is 2.34. The van der Waals surface area contributed by atoms with Crippen molar-refractivity contribution < 1.29 is 18.0 Å². The van der Waals surface area contributed by atoms with E-state index < -0.39 is 34.2 Å². The van der Waals surface area contributed by atoms with Gasteiger partial charge in [-0.15, -0.1) is 0 Å². The molecule has 0 spiro atoms. The highest BCUT2D eigenvalue weighted by Crippen LogP contribution is 2.27. The molecule has 0 aliphatic heterocycles. The second-order valence-electron chi connectivity index (χ2n) is 10.3. The van der Waals surface area contributed by atoms with Crippen LogP contribution in [0, 0.1) is 13.8 Å². The van der Waals surface area contributed by atoms with Gasteiger partial charge in [0.2, 0.25) is 11.8 Å². The smallest absolute Gasteiger partial charge is 0.304 e. The van der Waals surface area contributed by atoms with Crippen molar-refractivity contribution in [1.29, 1.82) is 0 Å². The molecule has 1 atom stereocenters. The molecule has 0 saturated heterocycles. The summed E-state index contributed by atoms with van der Waals surface area (Å²) in [6.45, 7) is 10.3. The zero-order chi connectivity index (χ0) is 28.3. The van der Waals surface area contributed by atoms with Crippen LogP contribution in [0.25, 0.3) is 0 Å². The van der Waals surface area contributed by atoms with Gasteiger partial charge in [0.25, 0.3) is 0 Å². The van der Waals surface area contributed by atoms with E-state index in [0.29, 0.717) is 26.9 Å². The van der Waals surface area contributed by atoms with Crippen molar-refractivity contribution in [2.45, 2.75) is 59.7 Å². The van der Waals surface area contributed by atoms with Gasteiger partial charge in [0.15, 0.2) is 0 Å². The minimum atomic E-state index is -4.04. The molecule has 0 saturated carbocycles. The molecule has 0 unspecified atom stereocenters. The van der Waals surface area contributed by atoms with Crippen molar-refractivity contribution in [3.63, 3.8) is 0 Å². The number of amides is 2. The van der Waals surface area contributed by atoms with Gasteiger partial charge in [-0.3, -0.25) is 9.59 Å². The van der Waals surface area contributed by atoms with E-state index in [2.05, 4.69) is 5.32 Å². The van der Waals surface area contributed by atoms with E-state index in [9.17, 15) is 18.0 Å². The largest absolute Gasteiger partial charge is 0.350 e. The molecule has 0 aromatic heterocycles. The van der Waals surface area contributed by atoms with Crippen molar-refractivity contribution in [2.75, 3.05) is 24.9 Å². The van der Waals surface area contributed by atoms with Crippen LogP contribution in [-0.2, 0) is 26.3 Å². The number of carbonyl (C=O) groups excluding carboxylic acids is 2. The normalized spacial score (nSPS) is 12.8. The fraction of sp³-hybridized carbons (Fsp3) is 0.462. The zero-order valence-electron chi connectivity index (χ0n) is 22.6. The number of rotatable bonds is 9. The van der Waals surface area contributed by atoms with Crippen LogP contribution < -0.4 is 9.62 Å². The maximum Gasteiger partial charge on any atom is 0.304 e. The summed E-state index contributed by atoms with van der Waals surface area (Å²) in [5.74, 6) is -0.913. The summed E-state index contributed by atoms with van der Waals surface area (Å²) >= 11 is 12.2. The number of hydrogen-bond donors (Lipinski definition) is 1. The topological polar surface area (TPSA) is 90.0 Å². The van der Waals surface area contributed by atoms with Crippen LogP contribution in [0.3, 0.4) is 0 Å². The molecular weight excluding hydrogens is 535 g/mol. The molecule has 0 bridgehead atoms. The minimum Gasteiger partial charge on any atom is -0.350 e. The molecule has 8 nitrogen and oxygen atoms in total. The predicted molar refractivity (Wildman–Crippen MR) is 150 cm³/mol. The van der Waals surface area contributed by atoms with E-state index in [-0.39, 0.29) is 12.5 Å². The van der Waals surface area contributed by atoms with Crippen LogP contribution in [0.5, 0.6) is 0 Å². The molecular formula is C26H36Cl2N4O4S. The van der Waals surface area contributed by atoms with E-state index >= 15 is 0 Å². The van der Waals surface area contributed by atoms with Crippen molar-refractivity contribution in [3.05, 3.63) is 63.1 Å². The summed E-state index contributed by atoms with van der Waals surface area (Å²) in [7, 11) is -1.22. The SMILES string of the molecule is Cc1ccc(C)c(N(CC(=O)N(Cc2ccc(Cl)c(Cl)c2)[C@H](C)C(=O)NC(C)(C)C)S(=O)(=O)N(C)C)c1. The minimum absolute atomic E-state index is 0.0249. The summed E-state index contributed by atoms with van der Waals surface area (Å²) in [5.41, 5.74) is 2.05. The van der Waals surface area contributed by atoms with Gasteiger partial charge in [0, 0.05) is 26.2 Å². The third-order valence-corrected chi connectivity index (χ3v) is 8.20. The van der Waals surface area contributed by atoms with Gasteiger partial charge in [-0.1, -0.05) is 41.4 Å². The molecule has 0 radical (unpaired) electrons. The fourth-order valence-electron chi connectivity index (χ4n) is 3.58. The van der Waals surface area contributed by atoms with Gasteiger partial charge in [-0.25, -0.2) is 4.31 Å². The van der Waals surface area contributed by atoms with Crippen molar-refractivity contribution >= 4 is 50.9 Å². The molecule has 0 aliphatic rings. The fourth-order valence-corrected chi connectivity index (χ4v) is 5.02. The van der Waals surface area contributed by atoms with Crippen LogP contribution in [0.2, 0.25) is 10.0 Å². The lowest BCUT2D eigenvalue weighted by molar-refractivity contribution is -0.140. The summed E-state index contributed by atoms with van der Waals surface area (Å²) in [5, 5.41) is 3.56. The summed E-state index contributed by atoms with van der Waals surface area (Å²) in [6, 6.07) is 9.45. The van der Waals surface area contributed by atoms with Crippen molar-refractivity contribution in [1.82, 2.24) is 14.5 Å². The number of halogens is 2. The number of carbonyl (C=O) groups is 2. The van der Waals surface area contributed by atoms with Crippen LogP contribution in [0.4, 0.5) is 5.69 Å². The number of nitrogens with zero attached hydrogens (tertiary/aromatic N) is 3. The standard InChI is InChI=1S/C26H36Cl2N4O4S/c1-17-9-10-18(2)23(13-17)32(37(35,36)30(7)8)16-24(33)31(19(3)25(34)29-26(4,5)6)15-20-11-12-21(27)22(28)14-20/h9-14,19H,15-16H2,1-8H3,(H,29,34)/t19-/m1/s1. The number of benzene rings is 2. The Kier molecular flexibility index (Phi) is 10.0. The highest BCUT2D eigenvalue weighted by atomic mass is 35.5. The molecule has 1 N–H and O–H groups in total. The molecule has 2 rings (SSSR count). The van der Waals surface area contributed by atoms with Crippen molar-refractivity contribution in [3.8, 4) is 0 Å². The maximum atomic E-state index is 13.8. The summed E-state index contributed by atoms with van der Waals surface area (Å²) in [4.78, 5) is 28.3. The third-order valence-electron chi connectivity index (χ3n) is 5.65. The first-order valence-electron chi connectivity index (χ1n) is 11.8. The number of aryl methyl sites for hydroxylation is 2. The second kappa shape index (κ2) is 12.0. The molecule has 0 fully saturated rings. The number of hydrogen-bond acceptors (Lipinski definition) is 4. The highest BCUT2D eigenvalue weighted by molar-refractivity contribution is 7.90. The zero-order valence-corrected chi connectivity index (χ0v) is 24.9. The molecule has 37 heavy (non-hydrogen) atoms. The van der Waals surface area contributed by atoms with Crippen LogP contribution in [0.1, 0.15) is 44.4 Å². The Hall–Kier alpha value is -2.33. The van der Waals surface area contributed by atoms with E-state index in [1.807, 2.05) is 33.8 Å². The van der Waals surface area contributed by atoms with E-state index in [0.717, 1.165) is 14.2 Å². The lowest BCUT2D eigenvalue weighted by Crippen LogP contribution is -2.55. The molecule has 2 amide bonds. The lowest BCUT2D eigenvalue weighted by atomic mass is 10.1. The molecule has 204 valence electrons. The molecule has 0 heterocycles. The molecule has 2 aromatic carbocycles. The van der Waals surface area contributed by atoms with E-state index in [1.165, 1.54) is 19.0 Å². The first-order valence-corrected chi connectivity index (χ1v) is 13.9. The molecule has 2 aromatic rings. The van der Waals surface area contributed by atoms with Gasteiger partial charge < -0.3 is 10.2 Å². The number of anilines is 1. The summed E-state index contributed by atoms with van der Waals surface area (Å²) < 4.78 is 28.8. The third kappa shape index (κ3) is 8.07. The van der Waals surface area contributed by atoms with E-state index in [4.69, 9.17) is 23.2 Å². The van der Waals surface area contributed by atoms with Gasteiger partial charge >= 0.3 is 10.2 Å². The molecule has 11 heteroatoms. The lowest BCUT2D eigenvalue weighted by Gasteiger charge is -2.34. The van der Waals surface area contributed by atoms with Crippen LogP contribution >= 0.6 is 23.2 Å². The Balaban J connectivity index is 2.55. The van der Waals surface area contributed by atoms with Gasteiger partial charge in [-0.05, 0) is 76.4 Å². The number of nitrogens with one attached hydrogen (secondary N) is 1. The van der Waals surface area contributed by atoms with Gasteiger partial charge in [0.1, 0.15) is 12.6 Å². The van der Waals surface area contributed by atoms with Crippen LogP contribution in [-0.4, -0.2) is 61.7 Å². The monoisotopic (exact) mass is 570 g/mol. The second-order valence-corrected chi connectivity index (χ2v) is 13.2. The molecule has 0 aliphatic carbocycles. The Morgan fingerprint density at radius 2 is 1.62 bits per heavy atom. The van der Waals surface area contributed by atoms with Gasteiger partial charge in [-0.2, -0.15) is 12.7 Å². The quantitative estimate of drug-likeness (QED) is 0.478. The first kappa shape index (κ1) is 30.9. The average Bonchev–Trinajstić information content (AvgIpc) is 2.77. The van der Waals surface area contributed by atoms with Crippen molar-refractivity contribution in [2.24, 2.45) is 0 Å². The summed E-state index contributed by atoms with van der Waals surface area (Å²) in [6.07, 6.45) is 0. The first-order chi connectivity index (χ1) is 16.9. The Bertz CT molecular complexity index is 1260. The Labute approximate surface area is 230 Å². The predicted octanol–water partition coefficient (Wildman–Crippen LogP) is 4.56.